The highest BCUT2D eigenvalue weighted by molar-refractivity contribution is 6.00. The number of morpholine rings is 1. The molecule has 0 spiro atoms. The predicted octanol–water partition coefficient (Wildman–Crippen LogP) is 4.83. The number of aromatic nitrogens is 2. The third-order valence-corrected chi connectivity index (χ3v) is 7.00. The van der Waals surface area contributed by atoms with Crippen LogP contribution in [0, 0.1) is 11.2 Å². The molecule has 1 fully saturated rings. The number of hydrogen-bond donors (Lipinski definition) is 5. The Bertz CT molecular complexity index is 1640. The van der Waals surface area contributed by atoms with Crippen molar-refractivity contribution in [3.05, 3.63) is 72.0 Å². The largest absolute Gasteiger partial charge is 0.378 e. The number of nitrogens with one attached hydrogen (secondary N) is 5. The van der Waals surface area contributed by atoms with Crippen molar-refractivity contribution >= 4 is 51.9 Å². The van der Waals surface area contributed by atoms with Gasteiger partial charge in [-0.15, -0.1) is 0 Å². The standard InChI is InChI=1S/C31H33FN8O3/c1-19(41)35-24-8-10-27(26(32)16-24)38-31(42)36-23-6-3-20(4-7-23)29-37-28-15-21(22(17-33)18-34-2)5-9-25(28)30(39-29)40-11-13-43-14-12-40/h3-10,15-17,22,33-34H,11-14,18H2,1-2H3,(H,35,41)(H2,36,38,42). The molecule has 1 unspecified atom stereocenters. The number of fused-ring (bicyclic) bond motifs is 1. The molecule has 11 nitrogen and oxygen atoms in total. The lowest BCUT2D eigenvalue weighted by Gasteiger charge is -2.29. The second-order valence-electron chi connectivity index (χ2n) is 10.1. The number of amides is 3. The number of nitrogens with zero attached hydrogens (tertiary/aromatic N) is 3. The van der Waals surface area contributed by atoms with Crippen LogP contribution in [-0.2, 0) is 9.53 Å². The van der Waals surface area contributed by atoms with Gasteiger partial charge in [0.2, 0.25) is 5.91 Å². The van der Waals surface area contributed by atoms with Gasteiger partial charge in [0, 0.05) is 61.0 Å². The Kier molecular flexibility index (Phi) is 9.18. The maximum Gasteiger partial charge on any atom is 0.323 e. The van der Waals surface area contributed by atoms with Crippen LogP contribution in [0.5, 0.6) is 0 Å². The van der Waals surface area contributed by atoms with E-state index >= 15 is 0 Å². The Labute approximate surface area is 248 Å². The first-order valence-corrected chi connectivity index (χ1v) is 13.9. The predicted molar refractivity (Wildman–Crippen MR) is 167 cm³/mol. The minimum absolute atomic E-state index is 0.0252. The Morgan fingerprint density at radius 3 is 2.42 bits per heavy atom. The molecule has 1 atom stereocenters. The second kappa shape index (κ2) is 13.4. The van der Waals surface area contributed by atoms with Crippen molar-refractivity contribution in [1.82, 2.24) is 15.3 Å². The molecule has 12 heteroatoms. The van der Waals surface area contributed by atoms with Gasteiger partial charge >= 0.3 is 6.03 Å². The summed E-state index contributed by atoms with van der Waals surface area (Å²) < 4.78 is 20.0. The van der Waals surface area contributed by atoms with Crippen LogP contribution in [0.15, 0.2) is 60.7 Å². The Morgan fingerprint density at radius 1 is 1.00 bits per heavy atom. The molecule has 1 aliphatic rings. The highest BCUT2D eigenvalue weighted by Gasteiger charge is 2.19. The molecule has 4 aromatic rings. The van der Waals surface area contributed by atoms with Crippen LogP contribution in [0.1, 0.15) is 18.4 Å². The molecule has 0 saturated carbocycles. The number of likely N-dealkylation sites (N-methyl/N-ethyl adjacent to an activating group) is 1. The van der Waals surface area contributed by atoms with Gasteiger partial charge in [0.05, 0.1) is 24.4 Å². The van der Waals surface area contributed by atoms with Gasteiger partial charge in [0.1, 0.15) is 11.6 Å². The highest BCUT2D eigenvalue weighted by Crippen LogP contribution is 2.31. The van der Waals surface area contributed by atoms with E-state index in [1.165, 1.54) is 25.3 Å². The van der Waals surface area contributed by atoms with E-state index in [9.17, 15) is 14.0 Å². The monoisotopic (exact) mass is 584 g/mol. The van der Waals surface area contributed by atoms with E-state index in [1.807, 2.05) is 37.4 Å². The van der Waals surface area contributed by atoms with Crippen molar-refractivity contribution < 1.29 is 18.7 Å². The molecular weight excluding hydrogens is 551 g/mol. The lowest BCUT2D eigenvalue weighted by atomic mass is 9.98. The summed E-state index contributed by atoms with van der Waals surface area (Å²) in [7, 11) is 1.86. The molecule has 0 aliphatic carbocycles. The van der Waals surface area contributed by atoms with Crippen LogP contribution in [0.4, 0.5) is 32.1 Å². The van der Waals surface area contributed by atoms with Crippen LogP contribution in [-0.4, -0.2) is 68.0 Å². The number of anilines is 4. The highest BCUT2D eigenvalue weighted by atomic mass is 19.1. The van der Waals surface area contributed by atoms with E-state index < -0.39 is 11.8 Å². The summed E-state index contributed by atoms with van der Waals surface area (Å²) in [5.74, 6) is 0.270. The van der Waals surface area contributed by atoms with Gasteiger partial charge in [0.25, 0.3) is 0 Å². The summed E-state index contributed by atoms with van der Waals surface area (Å²) in [5, 5.41) is 19.6. The van der Waals surface area contributed by atoms with Gasteiger partial charge in [-0.3, -0.25) is 4.79 Å². The van der Waals surface area contributed by atoms with Crippen molar-refractivity contribution in [3.8, 4) is 11.4 Å². The van der Waals surface area contributed by atoms with Crippen LogP contribution in [0.2, 0.25) is 0 Å². The first-order valence-electron chi connectivity index (χ1n) is 13.9. The summed E-state index contributed by atoms with van der Waals surface area (Å²) in [4.78, 5) is 35.8. The quantitative estimate of drug-likeness (QED) is 0.177. The minimum Gasteiger partial charge on any atom is -0.378 e. The number of benzene rings is 3. The molecule has 3 aromatic carbocycles. The van der Waals surface area contributed by atoms with Gasteiger partial charge in [-0.1, -0.05) is 6.07 Å². The molecule has 5 N–H and O–H groups in total. The second-order valence-corrected chi connectivity index (χ2v) is 10.1. The molecular formula is C31H33FN8O3. The summed E-state index contributed by atoms with van der Waals surface area (Å²) in [6, 6.07) is 16.5. The lowest BCUT2D eigenvalue weighted by Crippen LogP contribution is -2.37. The lowest BCUT2D eigenvalue weighted by molar-refractivity contribution is -0.114. The van der Waals surface area contributed by atoms with Gasteiger partial charge in [-0.2, -0.15) is 0 Å². The van der Waals surface area contributed by atoms with Crippen molar-refractivity contribution in [3.63, 3.8) is 0 Å². The van der Waals surface area contributed by atoms with E-state index in [2.05, 4.69) is 26.2 Å². The van der Waals surface area contributed by atoms with E-state index in [4.69, 9.17) is 20.1 Å². The fraction of sp³-hybridized carbons (Fsp3) is 0.258. The van der Waals surface area contributed by atoms with Crippen LogP contribution in [0.3, 0.4) is 0 Å². The molecule has 5 rings (SSSR count). The number of rotatable bonds is 9. The topological polar surface area (TPSA) is 144 Å². The van der Waals surface area contributed by atoms with Gasteiger partial charge in [-0.05, 0) is 67.2 Å². The number of carbonyl (C=O) groups excluding carboxylic acids is 2. The van der Waals surface area contributed by atoms with Crippen LogP contribution in [0.25, 0.3) is 22.3 Å². The fourth-order valence-corrected chi connectivity index (χ4v) is 4.88. The zero-order chi connectivity index (χ0) is 30.3. The summed E-state index contributed by atoms with van der Waals surface area (Å²) >= 11 is 0. The maximum absolute atomic E-state index is 14.4. The van der Waals surface area contributed by atoms with Gasteiger partial charge < -0.3 is 36.3 Å². The maximum atomic E-state index is 14.4. The first-order chi connectivity index (χ1) is 20.8. The Balaban J connectivity index is 1.38. The van der Waals surface area contributed by atoms with E-state index in [0.717, 1.165) is 33.9 Å². The molecule has 222 valence electrons. The zero-order valence-corrected chi connectivity index (χ0v) is 23.9. The Hall–Kier alpha value is -4.94. The van der Waals surface area contributed by atoms with E-state index in [-0.39, 0.29) is 17.5 Å². The van der Waals surface area contributed by atoms with Gasteiger partial charge in [0.15, 0.2) is 5.82 Å². The van der Waals surface area contributed by atoms with Crippen LogP contribution >= 0.6 is 0 Å². The third-order valence-electron chi connectivity index (χ3n) is 7.00. The smallest absolute Gasteiger partial charge is 0.323 e. The number of hydrogen-bond acceptors (Lipinski definition) is 8. The summed E-state index contributed by atoms with van der Waals surface area (Å²) in [6.45, 7) is 4.62. The number of ether oxygens (including phenoxy) is 1. The molecule has 1 aromatic heterocycles. The average Bonchev–Trinajstić information content (AvgIpc) is 3.01. The summed E-state index contributed by atoms with van der Waals surface area (Å²) in [5.41, 5.74) is 3.28. The van der Waals surface area contributed by atoms with Crippen LogP contribution < -0.4 is 26.2 Å². The number of urea groups is 1. The van der Waals surface area contributed by atoms with Gasteiger partial charge in [-0.25, -0.2) is 19.2 Å². The first kappa shape index (κ1) is 29.5. The summed E-state index contributed by atoms with van der Waals surface area (Å²) in [6.07, 6.45) is 1.43. The normalized spacial score (nSPS) is 13.8. The zero-order valence-electron chi connectivity index (χ0n) is 23.9. The van der Waals surface area contributed by atoms with Crippen molar-refractivity contribution in [2.24, 2.45) is 0 Å². The molecule has 1 aliphatic heterocycles. The third kappa shape index (κ3) is 7.11. The van der Waals surface area contributed by atoms with Crippen molar-refractivity contribution in [2.45, 2.75) is 12.8 Å². The van der Waals surface area contributed by atoms with Crippen molar-refractivity contribution in [1.29, 1.82) is 5.41 Å². The Morgan fingerprint density at radius 2 is 1.74 bits per heavy atom. The molecule has 3 amide bonds. The fourth-order valence-electron chi connectivity index (χ4n) is 4.88. The number of carbonyl (C=O) groups is 2. The molecule has 2 heterocycles. The molecule has 0 bridgehead atoms. The molecule has 0 radical (unpaired) electrons. The van der Waals surface area contributed by atoms with Crippen molar-refractivity contribution in [2.75, 3.05) is 60.7 Å². The number of halogens is 1. The molecule has 43 heavy (non-hydrogen) atoms. The minimum atomic E-state index is -0.678. The average molecular weight is 585 g/mol. The SMILES string of the molecule is CNCC(C=N)c1ccc2c(N3CCOCC3)nc(-c3ccc(NC(=O)Nc4ccc(NC(C)=O)cc4F)cc3)nc2c1. The van der Waals surface area contributed by atoms with E-state index in [1.54, 1.807) is 12.1 Å². The molecule has 1 saturated heterocycles. The van der Waals surface area contributed by atoms with E-state index in [0.29, 0.717) is 50.0 Å².